The van der Waals surface area contributed by atoms with E-state index in [0.29, 0.717) is 26.2 Å². The number of amides is 1. The quantitative estimate of drug-likeness (QED) is 0.910. The van der Waals surface area contributed by atoms with Crippen LogP contribution in [-0.2, 0) is 9.53 Å². The van der Waals surface area contributed by atoms with Gasteiger partial charge in [0.1, 0.15) is 5.75 Å². The molecule has 120 valence electrons. The van der Waals surface area contributed by atoms with Crippen LogP contribution in [0.2, 0.25) is 0 Å². The van der Waals surface area contributed by atoms with Crippen molar-refractivity contribution < 1.29 is 14.3 Å². The summed E-state index contributed by atoms with van der Waals surface area (Å²) in [5.41, 5.74) is 2.45. The molecule has 2 aliphatic heterocycles. The highest BCUT2D eigenvalue weighted by Gasteiger charge is 2.38. The smallest absolute Gasteiger partial charge is 0.226 e. The highest BCUT2D eigenvalue weighted by molar-refractivity contribution is 5.77. The van der Waals surface area contributed by atoms with Crippen molar-refractivity contribution in [1.82, 2.24) is 10.2 Å². The zero-order chi connectivity index (χ0) is 15.5. The average Bonchev–Trinajstić information content (AvgIpc) is 2.99. The average molecular weight is 304 g/mol. The van der Waals surface area contributed by atoms with E-state index in [9.17, 15) is 4.79 Å². The van der Waals surface area contributed by atoms with E-state index in [4.69, 9.17) is 9.47 Å². The molecule has 0 saturated carbocycles. The van der Waals surface area contributed by atoms with Crippen molar-refractivity contribution in [2.75, 3.05) is 32.8 Å². The van der Waals surface area contributed by atoms with Crippen LogP contribution >= 0.6 is 0 Å². The predicted octanol–water partition coefficient (Wildman–Crippen LogP) is 1.27. The molecular formula is C17H24N2O3. The number of nitrogens with one attached hydrogen (secondary N) is 1. The number of ether oxygens (including phenoxy) is 2. The van der Waals surface area contributed by atoms with Gasteiger partial charge < -0.3 is 19.7 Å². The van der Waals surface area contributed by atoms with Gasteiger partial charge in [0.2, 0.25) is 5.91 Å². The van der Waals surface area contributed by atoms with Crippen molar-refractivity contribution in [3.63, 3.8) is 0 Å². The van der Waals surface area contributed by atoms with Crippen molar-refractivity contribution >= 4 is 5.91 Å². The van der Waals surface area contributed by atoms with E-state index < -0.39 is 0 Å². The largest absolute Gasteiger partial charge is 0.493 e. The van der Waals surface area contributed by atoms with Crippen LogP contribution in [0.25, 0.3) is 0 Å². The Morgan fingerprint density at radius 2 is 2.23 bits per heavy atom. The monoisotopic (exact) mass is 304 g/mol. The summed E-state index contributed by atoms with van der Waals surface area (Å²) < 4.78 is 11.4. The minimum atomic E-state index is 0.151. The Kier molecular flexibility index (Phi) is 4.64. The minimum absolute atomic E-state index is 0.151. The lowest BCUT2D eigenvalue weighted by molar-refractivity contribution is -0.143. The first-order valence-electron chi connectivity index (χ1n) is 7.97. The van der Waals surface area contributed by atoms with Crippen LogP contribution in [0.15, 0.2) is 18.2 Å². The fourth-order valence-electron chi connectivity index (χ4n) is 3.10. The molecule has 1 aromatic rings. The third-order valence-electron chi connectivity index (χ3n) is 4.58. The predicted molar refractivity (Wildman–Crippen MR) is 84.1 cm³/mol. The highest BCUT2D eigenvalue weighted by Crippen LogP contribution is 2.19. The lowest BCUT2D eigenvalue weighted by Gasteiger charge is -2.37. The molecule has 0 aliphatic carbocycles. The van der Waals surface area contributed by atoms with E-state index in [1.807, 2.05) is 23.1 Å². The highest BCUT2D eigenvalue weighted by atomic mass is 16.5. The number of hydrogen-bond acceptors (Lipinski definition) is 4. The summed E-state index contributed by atoms with van der Waals surface area (Å²) in [6.07, 6.45) is 0.564. The van der Waals surface area contributed by atoms with Gasteiger partial charge in [0.25, 0.3) is 0 Å². The zero-order valence-electron chi connectivity index (χ0n) is 13.3. The van der Waals surface area contributed by atoms with Crippen LogP contribution < -0.4 is 10.1 Å². The maximum absolute atomic E-state index is 12.4. The second-order valence-corrected chi connectivity index (χ2v) is 6.07. The summed E-state index contributed by atoms with van der Waals surface area (Å²) in [5.74, 6) is 0.990. The van der Waals surface area contributed by atoms with Crippen molar-refractivity contribution in [2.45, 2.75) is 32.4 Å². The molecule has 2 fully saturated rings. The molecule has 2 aliphatic rings. The summed E-state index contributed by atoms with van der Waals surface area (Å²) in [7, 11) is 0. The van der Waals surface area contributed by atoms with Gasteiger partial charge in [0.05, 0.1) is 31.8 Å². The molecule has 2 saturated heterocycles. The molecule has 1 amide bonds. The Balaban J connectivity index is 1.50. The van der Waals surface area contributed by atoms with Gasteiger partial charge in [-0.05, 0) is 37.1 Å². The van der Waals surface area contributed by atoms with E-state index in [1.165, 1.54) is 11.1 Å². The van der Waals surface area contributed by atoms with E-state index >= 15 is 0 Å². The summed E-state index contributed by atoms with van der Waals surface area (Å²) in [6.45, 7) is 7.55. The number of fused-ring (bicyclic) bond motifs is 1. The van der Waals surface area contributed by atoms with E-state index in [2.05, 4.69) is 19.2 Å². The number of aryl methyl sites for hydroxylation is 2. The number of morpholine rings is 1. The molecule has 1 N–H and O–H groups in total. The van der Waals surface area contributed by atoms with Crippen LogP contribution in [0.3, 0.4) is 0 Å². The van der Waals surface area contributed by atoms with E-state index in [1.54, 1.807) is 0 Å². The Labute approximate surface area is 131 Å². The second-order valence-electron chi connectivity index (χ2n) is 6.07. The lowest BCUT2D eigenvalue weighted by Crippen LogP contribution is -2.53. The normalized spacial score (nSPS) is 24.2. The van der Waals surface area contributed by atoms with Gasteiger partial charge in [-0.15, -0.1) is 0 Å². The Hall–Kier alpha value is -1.59. The van der Waals surface area contributed by atoms with E-state index in [-0.39, 0.29) is 18.1 Å². The first-order chi connectivity index (χ1) is 10.6. The fourth-order valence-corrected chi connectivity index (χ4v) is 3.10. The summed E-state index contributed by atoms with van der Waals surface area (Å²) in [4.78, 5) is 14.4. The Morgan fingerprint density at radius 3 is 3.05 bits per heavy atom. The Bertz CT molecular complexity index is 547. The van der Waals surface area contributed by atoms with Gasteiger partial charge in [0.15, 0.2) is 0 Å². The maximum atomic E-state index is 12.4. The first-order valence-corrected chi connectivity index (χ1v) is 7.97. The van der Waals surface area contributed by atoms with Crippen molar-refractivity contribution in [3.8, 4) is 5.75 Å². The van der Waals surface area contributed by atoms with Crippen molar-refractivity contribution in [1.29, 1.82) is 0 Å². The number of carbonyl (C=O) groups excluding carboxylic acids is 1. The molecule has 5 nitrogen and oxygen atoms in total. The standard InChI is InChI=1S/C17H24N2O3/c1-12-3-4-14(9-13(12)2)21-7-5-17(20)19-6-8-22-16-11-18-10-15(16)19/h3-4,9,15-16,18H,5-8,10-11H2,1-2H3/t15-,16+/m1/s1. The van der Waals surface area contributed by atoms with Crippen LogP contribution in [0.5, 0.6) is 5.75 Å². The number of rotatable bonds is 4. The topological polar surface area (TPSA) is 50.8 Å². The minimum Gasteiger partial charge on any atom is -0.493 e. The molecule has 2 heterocycles. The number of carbonyl (C=O) groups is 1. The molecule has 1 aromatic carbocycles. The third-order valence-corrected chi connectivity index (χ3v) is 4.58. The number of hydrogen-bond donors (Lipinski definition) is 1. The van der Waals surface area contributed by atoms with Crippen molar-refractivity contribution in [3.05, 3.63) is 29.3 Å². The molecule has 0 spiro atoms. The molecule has 0 unspecified atom stereocenters. The fraction of sp³-hybridized carbons (Fsp3) is 0.588. The number of benzene rings is 1. The molecule has 5 heteroatoms. The van der Waals surface area contributed by atoms with Crippen molar-refractivity contribution in [2.24, 2.45) is 0 Å². The SMILES string of the molecule is Cc1ccc(OCCC(=O)N2CCO[C@H]3CNC[C@H]32)cc1C. The maximum Gasteiger partial charge on any atom is 0.226 e. The summed E-state index contributed by atoms with van der Waals surface area (Å²) >= 11 is 0. The molecule has 0 bridgehead atoms. The third kappa shape index (κ3) is 3.25. The van der Waals surface area contributed by atoms with Crippen LogP contribution in [0.4, 0.5) is 0 Å². The van der Waals surface area contributed by atoms with Gasteiger partial charge in [-0.2, -0.15) is 0 Å². The molecule has 2 atom stereocenters. The molecule has 22 heavy (non-hydrogen) atoms. The second kappa shape index (κ2) is 6.67. The summed E-state index contributed by atoms with van der Waals surface area (Å²) in [6, 6.07) is 6.20. The lowest BCUT2D eigenvalue weighted by atomic mass is 10.1. The van der Waals surface area contributed by atoms with Crippen LogP contribution in [-0.4, -0.2) is 55.8 Å². The Morgan fingerprint density at radius 1 is 1.36 bits per heavy atom. The molecular weight excluding hydrogens is 280 g/mol. The number of nitrogens with zero attached hydrogens (tertiary/aromatic N) is 1. The van der Waals surface area contributed by atoms with E-state index in [0.717, 1.165) is 18.8 Å². The van der Waals surface area contributed by atoms with Gasteiger partial charge in [0, 0.05) is 19.6 Å². The molecule has 3 rings (SSSR count). The zero-order valence-corrected chi connectivity index (χ0v) is 13.3. The van der Waals surface area contributed by atoms with Gasteiger partial charge in [-0.1, -0.05) is 6.07 Å². The molecule has 0 radical (unpaired) electrons. The van der Waals surface area contributed by atoms with Crippen LogP contribution in [0.1, 0.15) is 17.5 Å². The molecule has 0 aromatic heterocycles. The van der Waals surface area contributed by atoms with Gasteiger partial charge in [-0.25, -0.2) is 0 Å². The van der Waals surface area contributed by atoms with Gasteiger partial charge in [-0.3, -0.25) is 4.79 Å². The summed E-state index contributed by atoms with van der Waals surface area (Å²) in [5, 5.41) is 3.29. The van der Waals surface area contributed by atoms with Gasteiger partial charge >= 0.3 is 0 Å². The first kappa shape index (κ1) is 15.3. The van der Waals surface area contributed by atoms with Crippen LogP contribution in [0, 0.1) is 13.8 Å².